The van der Waals surface area contributed by atoms with Crippen LogP contribution < -0.4 is 16.0 Å². The predicted octanol–water partition coefficient (Wildman–Crippen LogP) is 4.33. The summed E-state index contributed by atoms with van der Waals surface area (Å²) in [4.78, 5) is 9.22. The second-order valence-corrected chi connectivity index (χ2v) is 6.74. The number of benzene rings is 2. The van der Waals surface area contributed by atoms with Gasteiger partial charge in [0.2, 0.25) is 5.95 Å². The number of nitrogens with one attached hydrogen (secondary N) is 3. The molecule has 4 rings (SSSR count). The largest absolute Gasteiger partial charge is 0.367 e. The lowest BCUT2D eigenvalue weighted by molar-refractivity contribution is 0.478. The third-order valence-corrected chi connectivity index (χ3v) is 4.75. The highest BCUT2D eigenvalue weighted by molar-refractivity contribution is 6.31. The number of piperidine rings is 1. The molecule has 134 valence electrons. The summed E-state index contributed by atoms with van der Waals surface area (Å²) in [7, 11) is 0. The van der Waals surface area contributed by atoms with Crippen LogP contribution in [-0.2, 0) is 0 Å². The van der Waals surface area contributed by atoms with Crippen LogP contribution in [0.15, 0.2) is 42.5 Å². The zero-order valence-electron chi connectivity index (χ0n) is 14.1. The van der Waals surface area contributed by atoms with Crippen LogP contribution >= 0.6 is 11.6 Å². The predicted molar refractivity (Wildman–Crippen MR) is 104 cm³/mol. The minimum Gasteiger partial charge on any atom is -0.367 e. The number of fused-ring (bicyclic) bond motifs is 1. The number of hydrogen-bond donors (Lipinski definition) is 3. The molecule has 7 heteroatoms. The molecule has 1 fully saturated rings. The molecule has 1 aliphatic heterocycles. The Morgan fingerprint density at radius 3 is 2.69 bits per heavy atom. The molecule has 1 aromatic heterocycles. The first-order valence-electron chi connectivity index (χ1n) is 8.65. The number of rotatable bonds is 4. The molecule has 0 aliphatic carbocycles. The second-order valence-electron chi connectivity index (χ2n) is 6.34. The molecule has 2 heterocycles. The van der Waals surface area contributed by atoms with Crippen LogP contribution in [0, 0.1) is 5.82 Å². The van der Waals surface area contributed by atoms with Gasteiger partial charge in [-0.25, -0.2) is 9.37 Å². The van der Waals surface area contributed by atoms with E-state index in [1.165, 1.54) is 12.1 Å². The Kier molecular flexibility index (Phi) is 4.86. The van der Waals surface area contributed by atoms with E-state index < -0.39 is 5.82 Å². The fourth-order valence-electron chi connectivity index (χ4n) is 3.11. The van der Waals surface area contributed by atoms with Gasteiger partial charge in [0.15, 0.2) is 0 Å². The van der Waals surface area contributed by atoms with E-state index >= 15 is 0 Å². The van der Waals surface area contributed by atoms with Gasteiger partial charge in [-0.15, -0.1) is 0 Å². The number of halogens is 2. The van der Waals surface area contributed by atoms with Crippen LogP contribution in [0.2, 0.25) is 5.02 Å². The van der Waals surface area contributed by atoms with E-state index in [1.807, 2.05) is 24.3 Å². The maximum absolute atomic E-state index is 13.4. The van der Waals surface area contributed by atoms with E-state index in [0.29, 0.717) is 17.7 Å². The Morgan fingerprint density at radius 1 is 1.08 bits per heavy atom. The number of aromatic nitrogens is 2. The number of para-hydroxylation sites is 1. The summed E-state index contributed by atoms with van der Waals surface area (Å²) >= 11 is 5.86. The van der Waals surface area contributed by atoms with Crippen LogP contribution in [0.4, 0.5) is 21.8 Å². The first kappa shape index (κ1) is 17.0. The molecular formula is C19H19ClFN5. The van der Waals surface area contributed by atoms with Crippen molar-refractivity contribution in [2.45, 2.75) is 18.9 Å². The minimum absolute atomic E-state index is 0.0591. The highest BCUT2D eigenvalue weighted by Crippen LogP contribution is 2.26. The average Bonchev–Trinajstić information content (AvgIpc) is 2.66. The third kappa shape index (κ3) is 3.71. The van der Waals surface area contributed by atoms with Crippen molar-refractivity contribution < 1.29 is 4.39 Å². The summed E-state index contributed by atoms with van der Waals surface area (Å²) in [5.74, 6) is 0.797. The van der Waals surface area contributed by atoms with Gasteiger partial charge >= 0.3 is 0 Å². The summed E-state index contributed by atoms with van der Waals surface area (Å²) in [6.07, 6.45) is 2.10. The Labute approximate surface area is 156 Å². The second kappa shape index (κ2) is 7.43. The van der Waals surface area contributed by atoms with Crippen molar-refractivity contribution in [3.63, 3.8) is 0 Å². The summed E-state index contributed by atoms with van der Waals surface area (Å²) < 4.78 is 13.4. The Hall–Kier alpha value is -2.44. The first-order chi connectivity index (χ1) is 12.7. The standard InChI is InChI=1S/C19H19ClFN5/c20-15-11-13(5-6-16(15)21)24-19-25-17-4-2-1-3-14(17)18(26-19)23-12-7-9-22-10-8-12/h1-6,11-12,22H,7-10H2,(H2,23,24,25,26). The Morgan fingerprint density at radius 2 is 1.88 bits per heavy atom. The highest BCUT2D eigenvalue weighted by atomic mass is 35.5. The molecule has 0 saturated carbocycles. The molecule has 5 nitrogen and oxygen atoms in total. The van der Waals surface area contributed by atoms with Gasteiger partial charge < -0.3 is 16.0 Å². The topological polar surface area (TPSA) is 61.9 Å². The molecule has 26 heavy (non-hydrogen) atoms. The Bertz CT molecular complexity index is 927. The summed E-state index contributed by atoms with van der Waals surface area (Å²) in [5, 5.41) is 11.1. The first-order valence-corrected chi connectivity index (χ1v) is 9.03. The van der Waals surface area contributed by atoms with Gasteiger partial charge in [0, 0.05) is 17.1 Å². The highest BCUT2D eigenvalue weighted by Gasteiger charge is 2.16. The van der Waals surface area contributed by atoms with Gasteiger partial charge in [-0.3, -0.25) is 0 Å². The maximum Gasteiger partial charge on any atom is 0.229 e. The van der Waals surface area contributed by atoms with Crippen LogP contribution in [0.3, 0.4) is 0 Å². The summed E-state index contributed by atoms with van der Waals surface area (Å²) in [6, 6.07) is 12.7. The van der Waals surface area contributed by atoms with Gasteiger partial charge in [-0.05, 0) is 56.3 Å². The number of nitrogens with zero attached hydrogens (tertiary/aromatic N) is 2. The van der Waals surface area contributed by atoms with E-state index in [2.05, 4.69) is 25.9 Å². The Balaban J connectivity index is 1.67. The molecule has 2 aromatic carbocycles. The number of anilines is 3. The van der Waals surface area contributed by atoms with Gasteiger partial charge in [-0.2, -0.15) is 4.98 Å². The van der Waals surface area contributed by atoms with Gasteiger partial charge in [0.25, 0.3) is 0 Å². The molecule has 0 atom stereocenters. The summed E-state index contributed by atoms with van der Waals surface area (Å²) in [5.41, 5.74) is 1.48. The molecule has 0 unspecified atom stereocenters. The molecule has 0 radical (unpaired) electrons. The zero-order valence-corrected chi connectivity index (χ0v) is 14.9. The minimum atomic E-state index is -0.454. The molecule has 0 spiro atoms. The lowest BCUT2D eigenvalue weighted by Crippen LogP contribution is -2.35. The molecule has 3 aromatic rings. The smallest absolute Gasteiger partial charge is 0.229 e. The van der Waals surface area contributed by atoms with Crippen LogP contribution in [-0.4, -0.2) is 29.1 Å². The van der Waals surface area contributed by atoms with E-state index in [0.717, 1.165) is 42.7 Å². The van der Waals surface area contributed by atoms with Crippen molar-refractivity contribution in [3.05, 3.63) is 53.3 Å². The molecular weight excluding hydrogens is 353 g/mol. The number of hydrogen-bond acceptors (Lipinski definition) is 5. The van der Waals surface area contributed by atoms with E-state index in [1.54, 1.807) is 6.07 Å². The fourth-order valence-corrected chi connectivity index (χ4v) is 3.29. The zero-order chi connectivity index (χ0) is 17.9. The van der Waals surface area contributed by atoms with Crippen LogP contribution in [0.25, 0.3) is 10.9 Å². The third-order valence-electron chi connectivity index (χ3n) is 4.46. The van der Waals surface area contributed by atoms with Crippen molar-refractivity contribution >= 4 is 40.0 Å². The van der Waals surface area contributed by atoms with Gasteiger partial charge in [0.05, 0.1) is 10.5 Å². The molecule has 1 aliphatic rings. The molecule has 3 N–H and O–H groups in total. The molecule has 0 bridgehead atoms. The van der Waals surface area contributed by atoms with Gasteiger partial charge in [-0.1, -0.05) is 23.7 Å². The molecule has 0 amide bonds. The van der Waals surface area contributed by atoms with Crippen molar-refractivity contribution in [1.29, 1.82) is 0 Å². The fraction of sp³-hybridized carbons (Fsp3) is 0.263. The molecule has 1 saturated heterocycles. The SMILES string of the molecule is Fc1ccc(Nc2nc(NC3CCNCC3)c3ccccc3n2)cc1Cl. The normalized spacial score (nSPS) is 15.2. The van der Waals surface area contributed by atoms with Crippen LogP contribution in [0.5, 0.6) is 0 Å². The average molecular weight is 372 g/mol. The van der Waals surface area contributed by atoms with E-state index in [4.69, 9.17) is 11.6 Å². The van der Waals surface area contributed by atoms with E-state index in [9.17, 15) is 4.39 Å². The lowest BCUT2D eigenvalue weighted by Gasteiger charge is -2.25. The van der Waals surface area contributed by atoms with Crippen LogP contribution in [0.1, 0.15) is 12.8 Å². The quantitative estimate of drug-likeness (QED) is 0.637. The van der Waals surface area contributed by atoms with Gasteiger partial charge in [0.1, 0.15) is 11.6 Å². The van der Waals surface area contributed by atoms with Crippen molar-refractivity contribution in [2.75, 3.05) is 23.7 Å². The lowest BCUT2D eigenvalue weighted by atomic mass is 10.1. The van der Waals surface area contributed by atoms with Crippen molar-refractivity contribution in [2.24, 2.45) is 0 Å². The van der Waals surface area contributed by atoms with Crippen molar-refractivity contribution in [3.8, 4) is 0 Å². The van der Waals surface area contributed by atoms with Crippen molar-refractivity contribution in [1.82, 2.24) is 15.3 Å². The monoisotopic (exact) mass is 371 g/mol. The summed E-state index contributed by atoms with van der Waals surface area (Å²) in [6.45, 7) is 2.00. The van der Waals surface area contributed by atoms with E-state index in [-0.39, 0.29) is 5.02 Å². The maximum atomic E-state index is 13.4.